The molecule has 2 nitrogen and oxygen atoms in total. The smallest absolute Gasteiger partial charge is 0.129 e. The van der Waals surface area contributed by atoms with Gasteiger partial charge in [-0.1, -0.05) is 6.07 Å². The number of rotatable bonds is 2. The average molecular weight is 267 g/mol. The fourth-order valence-electron chi connectivity index (χ4n) is 3.35. The van der Waals surface area contributed by atoms with Crippen LogP contribution in [0.1, 0.15) is 30.7 Å². The molecular formula is C15H19F2NO. The second-order valence-corrected chi connectivity index (χ2v) is 5.48. The Hall–Kier alpha value is -1.00. The molecule has 0 spiro atoms. The molecule has 0 aromatic heterocycles. The summed E-state index contributed by atoms with van der Waals surface area (Å²) >= 11 is 0. The summed E-state index contributed by atoms with van der Waals surface area (Å²) in [5.74, 6) is -0.662. The van der Waals surface area contributed by atoms with Crippen LogP contribution in [0.3, 0.4) is 0 Å². The summed E-state index contributed by atoms with van der Waals surface area (Å²) in [6.45, 7) is 3.55. The van der Waals surface area contributed by atoms with E-state index in [1.807, 2.05) is 0 Å². The molecule has 0 bridgehead atoms. The molecule has 1 saturated carbocycles. The topological polar surface area (TPSA) is 12.5 Å². The van der Waals surface area contributed by atoms with Crippen molar-refractivity contribution in [2.45, 2.75) is 31.2 Å². The summed E-state index contributed by atoms with van der Waals surface area (Å²) < 4.78 is 32.1. The van der Waals surface area contributed by atoms with Gasteiger partial charge in [0, 0.05) is 25.2 Å². The van der Waals surface area contributed by atoms with Gasteiger partial charge in [-0.05, 0) is 36.8 Å². The van der Waals surface area contributed by atoms with Gasteiger partial charge >= 0.3 is 0 Å². The maximum absolute atomic E-state index is 13.8. The first-order valence-corrected chi connectivity index (χ1v) is 7.01. The fourth-order valence-corrected chi connectivity index (χ4v) is 3.35. The van der Waals surface area contributed by atoms with Crippen molar-refractivity contribution in [3.8, 4) is 0 Å². The van der Waals surface area contributed by atoms with Crippen LogP contribution < -0.4 is 0 Å². The van der Waals surface area contributed by atoms with Crippen LogP contribution in [0.2, 0.25) is 0 Å². The SMILES string of the molecule is Fc1ccc([C@H]2CCC(N3CCOCC3)C2)c(F)c1. The van der Waals surface area contributed by atoms with Crippen LogP contribution in [-0.4, -0.2) is 37.2 Å². The van der Waals surface area contributed by atoms with Crippen LogP contribution in [0, 0.1) is 11.6 Å². The summed E-state index contributed by atoms with van der Waals surface area (Å²) in [6.07, 6.45) is 3.06. The van der Waals surface area contributed by atoms with Gasteiger partial charge in [-0.3, -0.25) is 4.90 Å². The van der Waals surface area contributed by atoms with E-state index in [-0.39, 0.29) is 5.92 Å². The van der Waals surface area contributed by atoms with E-state index in [4.69, 9.17) is 4.74 Å². The highest BCUT2D eigenvalue weighted by atomic mass is 19.1. The number of nitrogens with zero attached hydrogens (tertiary/aromatic N) is 1. The molecule has 1 aromatic carbocycles. The molecule has 2 fully saturated rings. The van der Waals surface area contributed by atoms with E-state index in [2.05, 4.69) is 4.90 Å². The molecule has 0 radical (unpaired) electrons. The zero-order valence-electron chi connectivity index (χ0n) is 10.9. The lowest BCUT2D eigenvalue weighted by Gasteiger charge is -2.32. The van der Waals surface area contributed by atoms with Crippen molar-refractivity contribution in [3.63, 3.8) is 0 Å². The predicted molar refractivity (Wildman–Crippen MR) is 69.1 cm³/mol. The van der Waals surface area contributed by atoms with Gasteiger partial charge in [0.1, 0.15) is 11.6 Å². The second-order valence-electron chi connectivity index (χ2n) is 5.48. The largest absolute Gasteiger partial charge is 0.379 e. The minimum atomic E-state index is -0.496. The number of hydrogen-bond acceptors (Lipinski definition) is 2. The van der Waals surface area contributed by atoms with Crippen molar-refractivity contribution < 1.29 is 13.5 Å². The Morgan fingerprint density at radius 2 is 1.89 bits per heavy atom. The van der Waals surface area contributed by atoms with Crippen molar-refractivity contribution in [1.29, 1.82) is 0 Å². The van der Waals surface area contributed by atoms with Gasteiger partial charge in [0.2, 0.25) is 0 Å². The molecule has 4 heteroatoms. The predicted octanol–water partition coefficient (Wildman–Crippen LogP) is 2.93. The lowest BCUT2D eigenvalue weighted by Crippen LogP contribution is -2.42. The third-order valence-corrected chi connectivity index (χ3v) is 4.37. The molecule has 1 heterocycles. The molecule has 104 valence electrons. The minimum Gasteiger partial charge on any atom is -0.379 e. The lowest BCUT2D eigenvalue weighted by atomic mass is 9.96. The number of morpholine rings is 1. The van der Waals surface area contributed by atoms with Crippen LogP contribution in [0.25, 0.3) is 0 Å². The summed E-state index contributed by atoms with van der Waals surface area (Å²) in [7, 11) is 0. The van der Waals surface area contributed by atoms with Crippen molar-refractivity contribution in [3.05, 3.63) is 35.4 Å². The van der Waals surface area contributed by atoms with E-state index >= 15 is 0 Å². The molecule has 1 unspecified atom stereocenters. The molecule has 0 amide bonds. The normalized spacial score (nSPS) is 28.7. The standard InChI is InChI=1S/C15H19F2NO/c16-12-2-4-14(15(17)10-12)11-1-3-13(9-11)18-5-7-19-8-6-18/h2,4,10-11,13H,1,3,5-9H2/t11-,13?/m0/s1. The van der Waals surface area contributed by atoms with Crippen molar-refractivity contribution in [2.24, 2.45) is 0 Å². The van der Waals surface area contributed by atoms with Crippen LogP contribution in [0.4, 0.5) is 8.78 Å². The minimum absolute atomic E-state index is 0.230. The maximum Gasteiger partial charge on any atom is 0.129 e. The van der Waals surface area contributed by atoms with E-state index in [0.717, 1.165) is 51.6 Å². The number of benzene rings is 1. The third kappa shape index (κ3) is 2.79. The van der Waals surface area contributed by atoms with Gasteiger partial charge in [-0.15, -0.1) is 0 Å². The highest BCUT2D eigenvalue weighted by Gasteiger charge is 2.32. The van der Waals surface area contributed by atoms with Crippen LogP contribution >= 0.6 is 0 Å². The number of halogens is 2. The van der Waals surface area contributed by atoms with E-state index < -0.39 is 11.6 Å². The fraction of sp³-hybridized carbons (Fsp3) is 0.600. The molecular weight excluding hydrogens is 248 g/mol. The summed E-state index contributed by atoms with van der Waals surface area (Å²) in [5, 5.41) is 0. The Kier molecular flexibility index (Phi) is 3.80. The maximum atomic E-state index is 13.8. The van der Waals surface area contributed by atoms with Crippen molar-refractivity contribution >= 4 is 0 Å². The van der Waals surface area contributed by atoms with E-state index in [0.29, 0.717) is 11.6 Å². The highest BCUT2D eigenvalue weighted by molar-refractivity contribution is 5.24. The molecule has 2 aliphatic rings. The first kappa shape index (κ1) is 13.0. The third-order valence-electron chi connectivity index (χ3n) is 4.37. The van der Waals surface area contributed by atoms with E-state index in [1.54, 1.807) is 6.07 Å². The quantitative estimate of drug-likeness (QED) is 0.817. The zero-order valence-corrected chi connectivity index (χ0v) is 10.9. The van der Waals surface area contributed by atoms with Gasteiger partial charge in [0.05, 0.1) is 13.2 Å². The molecule has 3 rings (SSSR count). The van der Waals surface area contributed by atoms with Crippen LogP contribution in [0.5, 0.6) is 0 Å². The van der Waals surface area contributed by atoms with Gasteiger partial charge < -0.3 is 4.74 Å². The molecule has 19 heavy (non-hydrogen) atoms. The van der Waals surface area contributed by atoms with Gasteiger partial charge in [-0.25, -0.2) is 8.78 Å². The van der Waals surface area contributed by atoms with Gasteiger partial charge in [0.15, 0.2) is 0 Å². The lowest BCUT2D eigenvalue weighted by molar-refractivity contribution is 0.0177. The Morgan fingerprint density at radius 1 is 1.11 bits per heavy atom. The molecule has 1 aliphatic carbocycles. The molecule has 2 atom stereocenters. The number of ether oxygens (including phenoxy) is 1. The monoisotopic (exact) mass is 267 g/mol. The first-order chi connectivity index (χ1) is 9.24. The van der Waals surface area contributed by atoms with Crippen molar-refractivity contribution in [2.75, 3.05) is 26.3 Å². The molecule has 1 saturated heterocycles. The Morgan fingerprint density at radius 3 is 2.63 bits per heavy atom. The second kappa shape index (κ2) is 5.55. The van der Waals surface area contributed by atoms with E-state index in [1.165, 1.54) is 6.07 Å². The highest BCUT2D eigenvalue weighted by Crippen LogP contribution is 2.38. The Bertz CT molecular complexity index is 446. The first-order valence-electron chi connectivity index (χ1n) is 7.01. The molecule has 1 aromatic rings. The van der Waals surface area contributed by atoms with Gasteiger partial charge in [0.25, 0.3) is 0 Å². The van der Waals surface area contributed by atoms with Crippen LogP contribution in [-0.2, 0) is 4.74 Å². The Labute approximate surface area is 112 Å². The zero-order chi connectivity index (χ0) is 13.2. The van der Waals surface area contributed by atoms with Gasteiger partial charge in [-0.2, -0.15) is 0 Å². The summed E-state index contributed by atoms with van der Waals surface area (Å²) in [6, 6.07) is 4.49. The average Bonchev–Trinajstić information content (AvgIpc) is 2.89. The van der Waals surface area contributed by atoms with Crippen molar-refractivity contribution in [1.82, 2.24) is 4.90 Å². The molecule has 1 aliphatic heterocycles. The van der Waals surface area contributed by atoms with E-state index in [9.17, 15) is 8.78 Å². The Balaban J connectivity index is 1.67. The number of hydrogen-bond donors (Lipinski definition) is 0. The summed E-state index contributed by atoms with van der Waals surface area (Å²) in [4.78, 5) is 2.45. The van der Waals surface area contributed by atoms with Crippen LogP contribution in [0.15, 0.2) is 18.2 Å². The summed E-state index contributed by atoms with van der Waals surface area (Å²) in [5.41, 5.74) is 0.678. The molecule has 0 N–H and O–H groups in total.